The summed E-state index contributed by atoms with van der Waals surface area (Å²) in [5.41, 5.74) is 0. The minimum absolute atomic E-state index is 0.00614. The quantitative estimate of drug-likeness (QED) is 0.728. The minimum atomic E-state index is -0.866. The molecular weight excluding hydrogens is 246 g/mol. The Balaban J connectivity index is 1.83. The van der Waals surface area contributed by atoms with E-state index in [2.05, 4.69) is 0 Å². The first-order valence-corrected chi connectivity index (χ1v) is 6.96. The first-order chi connectivity index (χ1) is 9.13. The Kier molecular flexibility index (Phi) is 3.09. The summed E-state index contributed by atoms with van der Waals surface area (Å²) in [6.45, 7) is 0.619. The molecule has 104 valence electrons. The topological polar surface area (TPSA) is 77.8 Å². The fourth-order valence-corrected chi connectivity index (χ4v) is 4.00. The van der Waals surface area contributed by atoms with Gasteiger partial charge in [-0.3, -0.25) is 9.59 Å². The molecule has 2 bridgehead atoms. The number of aliphatic hydroxyl groups is 1. The van der Waals surface area contributed by atoms with Gasteiger partial charge in [0.25, 0.3) is 0 Å². The van der Waals surface area contributed by atoms with Gasteiger partial charge in [0.15, 0.2) is 0 Å². The molecule has 0 aromatic heterocycles. The standard InChI is InChI=1S/C14H19NO4/c16-7-10-2-1-5-15(10)13(17)11-8-3-4-9(6-8)12(11)14(18)19/h3-4,8-12,16H,1-2,5-7H2,(H,18,19)/t8?,9?,10-,11?,12?/m1/s1. The molecule has 1 heterocycles. The summed E-state index contributed by atoms with van der Waals surface area (Å²) in [6, 6.07) is -0.120. The number of aliphatic carboxylic acids is 1. The van der Waals surface area contributed by atoms with Crippen molar-refractivity contribution < 1.29 is 19.8 Å². The van der Waals surface area contributed by atoms with Crippen molar-refractivity contribution in [1.29, 1.82) is 0 Å². The van der Waals surface area contributed by atoms with Crippen LogP contribution in [0.4, 0.5) is 0 Å². The Morgan fingerprint density at radius 3 is 2.53 bits per heavy atom. The van der Waals surface area contributed by atoms with Crippen molar-refractivity contribution in [2.75, 3.05) is 13.2 Å². The maximum atomic E-state index is 12.6. The SMILES string of the molecule is O=C(O)C1C2C=CC(C2)C1C(=O)N1CCC[C@@H]1CO. The Labute approximate surface area is 111 Å². The van der Waals surface area contributed by atoms with Crippen molar-refractivity contribution in [3.8, 4) is 0 Å². The molecule has 4 unspecified atom stereocenters. The first-order valence-electron chi connectivity index (χ1n) is 6.96. The average molecular weight is 265 g/mol. The second-order valence-electron chi connectivity index (χ2n) is 5.85. The van der Waals surface area contributed by atoms with Gasteiger partial charge >= 0.3 is 5.97 Å². The zero-order valence-corrected chi connectivity index (χ0v) is 10.7. The lowest BCUT2D eigenvalue weighted by molar-refractivity contribution is -0.151. The van der Waals surface area contributed by atoms with E-state index in [0.717, 1.165) is 19.3 Å². The van der Waals surface area contributed by atoms with Crippen molar-refractivity contribution in [1.82, 2.24) is 4.90 Å². The van der Waals surface area contributed by atoms with Crippen molar-refractivity contribution in [3.63, 3.8) is 0 Å². The molecule has 5 nitrogen and oxygen atoms in total. The number of amides is 1. The number of carbonyl (C=O) groups is 2. The molecule has 2 aliphatic carbocycles. The smallest absolute Gasteiger partial charge is 0.307 e. The zero-order chi connectivity index (χ0) is 13.6. The van der Waals surface area contributed by atoms with Crippen LogP contribution in [-0.4, -0.2) is 46.2 Å². The number of allylic oxidation sites excluding steroid dienone is 2. The third-order valence-electron chi connectivity index (χ3n) is 4.90. The summed E-state index contributed by atoms with van der Waals surface area (Å²) in [7, 11) is 0. The molecule has 5 atom stereocenters. The van der Waals surface area contributed by atoms with Gasteiger partial charge in [0.2, 0.25) is 5.91 Å². The summed E-state index contributed by atoms with van der Waals surface area (Å²) in [5.74, 6) is -1.87. The summed E-state index contributed by atoms with van der Waals surface area (Å²) in [4.78, 5) is 25.8. The van der Waals surface area contributed by atoms with Gasteiger partial charge in [-0.1, -0.05) is 12.2 Å². The van der Waals surface area contributed by atoms with E-state index < -0.39 is 17.8 Å². The number of aliphatic hydroxyl groups excluding tert-OH is 1. The van der Waals surface area contributed by atoms with Crippen LogP contribution in [-0.2, 0) is 9.59 Å². The summed E-state index contributed by atoms with van der Waals surface area (Å²) >= 11 is 0. The van der Waals surface area contributed by atoms with Gasteiger partial charge in [-0.05, 0) is 31.1 Å². The number of carboxylic acid groups (broad SMARTS) is 1. The maximum absolute atomic E-state index is 12.6. The Morgan fingerprint density at radius 1 is 1.21 bits per heavy atom. The first kappa shape index (κ1) is 12.7. The number of rotatable bonds is 3. The second-order valence-corrected chi connectivity index (χ2v) is 5.85. The monoisotopic (exact) mass is 265 g/mol. The largest absolute Gasteiger partial charge is 0.481 e. The molecule has 2 N–H and O–H groups in total. The molecule has 0 spiro atoms. The Morgan fingerprint density at radius 2 is 1.89 bits per heavy atom. The molecule has 0 aromatic rings. The highest BCUT2D eigenvalue weighted by Crippen LogP contribution is 2.49. The lowest BCUT2D eigenvalue weighted by atomic mass is 9.82. The zero-order valence-electron chi connectivity index (χ0n) is 10.7. The van der Waals surface area contributed by atoms with Crippen LogP contribution in [0.15, 0.2) is 12.2 Å². The fourth-order valence-electron chi connectivity index (χ4n) is 4.00. The molecule has 1 saturated carbocycles. The van der Waals surface area contributed by atoms with Gasteiger partial charge in [0, 0.05) is 6.54 Å². The predicted octanol–water partition coefficient (Wildman–Crippen LogP) is 0.493. The lowest BCUT2D eigenvalue weighted by Crippen LogP contribution is -2.46. The van der Waals surface area contributed by atoms with E-state index in [9.17, 15) is 19.8 Å². The molecule has 1 amide bonds. The van der Waals surface area contributed by atoms with Gasteiger partial charge in [-0.25, -0.2) is 0 Å². The van der Waals surface area contributed by atoms with E-state index in [0.29, 0.717) is 6.54 Å². The van der Waals surface area contributed by atoms with Crippen molar-refractivity contribution in [2.24, 2.45) is 23.7 Å². The van der Waals surface area contributed by atoms with Crippen LogP contribution < -0.4 is 0 Å². The van der Waals surface area contributed by atoms with Gasteiger partial charge in [0.1, 0.15) is 0 Å². The summed E-state index contributed by atoms with van der Waals surface area (Å²) in [6.07, 6.45) is 6.43. The van der Waals surface area contributed by atoms with Crippen LogP contribution in [0, 0.1) is 23.7 Å². The molecule has 3 rings (SSSR count). The van der Waals surface area contributed by atoms with Crippen LogP contribution in [0.1, 0.15) is 19.3 Å². The molecule has 1 aliphatic heterocycles. The molecular formula is C14H19NO4. The van der Waals surface area contributed by atoms with E-state index in [-0.39, 0.29) is 30.4 Å². The van der Waals surface area contributed by atoms with E-state index in [1.807, 2.05) is 12.2 Å². The average Bonchev–Trinajstić information content (AvgIpc) is 3.10. The number of hydrogen-bond acceptors (Lipinski definition) is 3. The van der Waals surface area contributed by atoms with Crippen LogP contribution in [0.5, 0.6) is 0 Å². The maximum Gasteiger partial charge on any atom is 0.307 e. The second kappa shape index (κ2) is 4.63. The molecule has 3 aliphatic rings. The van der Waals surface area contributed by atoms with E-state index in [1.54, 1.807) is 4.90 Å². The number of likely N-dealkylation sites (tertiary alicyclic amines) is 1. The fraction of sp³-hybridized carbons (Fsp3) is 0.714. The highest BCUT2D eigenvalue weighted by Gasteiger charge is 2.53. The third kappa shape index (κ3) is 1.87. The van der Waals surface area contributed by atoms with Crippen molar-refractivity contribution in [2.45, 2.75) is 25.3 Å². The predicted molar refractivity (Wildman–Crippen MR) is 67.2 cm³/mol. The number of carbonyl (C=O) groups excluding carboxylic acids is 1. The molecule has 0 aromatic carbocycles. The van der Waals surface area contributed by atoms with Crippen LogP contribution in [0.3, 0.4) is 0 Å². The lowest BCUT2D eigenvalue weighted by Gasteiger charge is -2.31. The Bertz CT molecular complexity index is 433. The Hall–Kier alpha value is -1.36. The minimum Gasteiger partial charge on any atom is -0.481 e. The van der Waals surface area contributed by atoms with E-state index >= 15 is 0 Å². The highest BCUT2D eigenvalue weighted by molar-refractivity contribution is 5.87. The molecule has 2 fully saturated rings. The summed E-state index contributed by atoms with van der Waals surface area (Å²) in [5, 5.41) is 18.7. The summed E-state index contributed by atoms with van der Waals surface area (Å²) < 4.78 is 0. The van der Waals surface area contributed by atoms with Crippen LogP contribution in [0.25, 0.3) is 0 Å². The van der Waals surface area contributed by atoms with E-state index in [4.69, 9.17) is 0 Å². The van der Waals surface area contributed by atoms with Crippen LogP contribution >= 0.6 is 0 Å². The van der Waals surface area contributed by atoms with E-state index in [1.165, 1.54) is 0 Å². The molecule has 0 radical (unpaired) electrons. The van der Waals surface area contributed by atoms with Gasteiger partial charge in [-0.2, -0.15) is 0 Å². The number of carboxylic acids is 1. The third-order valence-corrected chi connectivity index (χ3v) is 4.90. The normalized spacial score (nSPS) is 40.1. The molecule has 1 saturated heterocycles. The molecule has 5 heteroatoms. The van der Waals surface area contributed by atoms with Gasteiger partial charge in [0.05, 0.1) is 24.5 Å². The number of hydrogen-bond donors (Lipinski definition) is 2. The molecule has 19 heavy (non-hydrogen) atoms. The van der Waals surface area contributed by atoms with Crippen molar-refractivity contribution >= 4 is 11.9 Å². The number of fused-ring (bicyclic) bond motifs is 2. The van der Waals surface area contributed by atoms with Crippen LogP contribution in [0.2, 0.25) is 0 Å². The highest BCUT2D eigenvalue weighted by atomic mass is 16.4. The van der Waals surface area contributed by atoms with Crippen molar-refractivity contribution in [3.05, 3.63) is 12.2 Å². The van der Waals surface area contributed by atoms with Gasteiger partial charge < -0.3 is 15.1 Å². The van der Waals surface area contributed by atoms with Gasteiger partial charge in [-0.15, -0.1) is 0 Å². The number of nitrogens with zero attached hydrogens (tertiary/aromatic N) is 1.